The molecule has 14 nitrogen and oxygen atoms in total. The van der Waals surface area contributed by atoms with Gasteiger partial charge in [-0.1, -0.05) is 13.3 Å². The molecular formula is C36H44B2N6O8S2. The zero-order valence-electron chi connectivity index (χ0n) is 30.0. The number of nitrogens with zero attached hydrogens (tertiary/aromatic N) is 2. The van der Waals surface area contributed by atoms with Crippen molar-refractivity contribution in [2.45, 2.75) is 70.4 Å². The normalized spacial score (nSPS) is 24.7. The van der Waals surface area contributed by atoms with Gasteiger partial charge < -0.3 is 29.0 Å². The van der Waals surface area contributed by atoms with E-state index in [1.54, 1.807) is 18.4 Å². The predicted octanol–water partition coefficient (Wildman–Crippen LogP) is 3.98. The van der Waals surface area contributed by atoms with Gasteiger partial charge >= 0.3 is 14.2 Å². The molecule has 0 amide bonds. The van der Waals surface area contributed by atoms with Crippen LogP contribution in [0.5, 0.6) is 11.5 Å². The van der Waals surface area contributed by atoms with Crippen LogP contribution in [-0.2, 0) is 24.7 Å². The summed E-state index contributed by atoms with van der Waals surface area (Å²) < 4.78 is 75.7. The third-order valence-corrected chi connectivity index (χ3v) is 14.8. The highest BCUT2D eigenvalue weighted by Gasteiger charge is 2.41. The first-order chi connectivity index (χ1) is 26.0. The molecule has 284 valence electrons. The van der Waals surface area contributed by atoms with E-state index in [0.29, 0.717) is 50.2 Å². The van der Waals surface area contributed by atoms with Crippen molar-refractivity contribution in [2.75, 3.05) is 18.1 Å². The van der Waals surface area contributed by atoms with Gasteiger partial charge in [-0.15, -0.1) is 0 Å². The molecule has 0 spiro atoms. The highest BCUT2D eigenvalue weighted by atomic mass is 32.2. The van der Waals surface area contributed by atoms with E-state index in [4.69, 9.17) is 14.0 Å². The van der Waals surface area contributed by atoms with Gasteiger partial charge in [0.1, 0.15) is 22.8 Å². The summed E-state index contributed by atoms with van der Waals surface area (Å²) in [7, 11) is -8.62. The summed E-state index contributed by atoms with van der Waals surface area (Å²) in [6.45, 7) is 2.25. The Morgan fingerprint density at radius 2 is 1.44 bits per heavy atom. The molecule has 54 heavy (non-hydrogen) atoms. The average Bonchev–Trinajstić information content (AvgIpc) is 3.77. The molecule has 2 aliphatic heterocycles. The predicted molar refractivity (Wildman–Crippen MR) is 207 cm³/mol. The molecule has 0 bridgehead atoms. The van der Waals surface area contributed by atoms with E-state index in [1.807, 2.05) is 37.4 Å². The van der Waals surface area contributed by atoms with Crippen LogP contribution >= 0.6 is 0 Å². The van der Waals surface area contributed by atoms with Crippen LogP contribution in [0, 0.1) is 23.7 Å². The lowest BCUT2D eigenvalue weighted by Crippen LogP contribution is -2.47. The van der Waals surface area contributed by atoms with Gasteiger partial charge in [0.15, 0.2) is 0 Å². The smallest absolute Gasteiger partial charge is 0.531 e. The minimum atomic E-state index is -3.54. The Kier molecular flexibility index (Phi) is 9.41. The Balaban J connectivity index is 0.786. The minimum absolute atomic E-state index is 0.0304. The molecule has 1 atom stereocenters. The molecule has 4 aromatic heterocycles. The summed E-state index contributed by atoms with van der Waals surface area (Å²) in [5.41, 5.74) is 5.34. The quantitative estimate of drug-likeness (QED) is 0.117. The number of rotatable bonds is 14. The largest absolute Gasteiger partial charge is 0.555 e. The number of nitrogens with one attached hydrogen (secondary N) is 4. The van der Waals surface area contributed by atoms with Crippen molar-refractivity contribution in [1.82, 2.24) is 29.4 Å². The summed E-state index contributed by atoms with van der Waals surface area (Å²) >= 11 is 0. The maximum Gasteiger partial charge on any atom is 0.555 e. The number of sulfonamides is 2. The monoisotopic (exact) mass is 774 g/mol. The van der Waals surface area contributed by atoms with Crippen LogP contribution < -0.4 is 18.8 Å². The van der Waals surface area contributed by atoms with Crippen molar-refractivity contribution in [3.05, 3.63) is 60.0 Å². The molecule has 9 rings (SSSR count). The lowest BCUT2D eigenvalue weighted by atomic mass is 9.68. The molecule has 3 fully saturated rings. The highest BCUT2D eigenvalue weighted by Crippen LogP contribution is 2.48. The molecule has 3 saturated carbocycles. The van der Waals surface area contributed by atoms with Gasteiger partial charge in [-0.3, -0.25) is 0 Å². The van der Waals surface area contributed by atoms with Crippen molar-refractivity contribution < 1.29 is 35.8 Å². The van der Waals surface area contributed by atoms with Crippen LogP contribution in [0.1, 0.15) is 69.4 Å². The summed E-state index contributed by atoms with van der Waals surface area (Å²) in [5.74, 6) is 5.42. The van der Waals surface area contributed by atoms with Crippen LogP contribution in [-0.4, -0.2) is 86.2 Å². The van der Waals surface area contributed by atoms with Gasteiger partial charge in [-0.05, 0) is 104 Å². The molecule has 0 saturated heterocycles. The van der Waals surface area contributed by atoms with E-state index in [1.165, 1.54) is 0 Å². The third kappa shape index (κ3) is 7.23. The molecular weight excluding hydrogens is 730 g/mol. The molecule has 3 aliphatic carbocycles. The van der Waals surface area contributed by atoms with Gasteiger partial charge in [-0.2, -0.15) is 0 Å². The second-order valence-electron chi connectivity index (χ2n) is 15.8. The van der Waals surface area contributed by atoms with E-state index < -0.39 is 34.3 Å². The van der Waals surface area contributed by atoms with Crippen molar-refractivity contribution in [3.63, 3.8) is 0 Å². The van der Waals surface area contributed by atoms with Gasteiger partial charge in [-0.25, -0.2) is 36.2 Å². The van der Waals surface area contributed by atoms with Crippen LogP contribution in [0.3, 0.4) is 0 Å². The van der Waals surface area contributed by atoms with Gasteiger partial charge in [0.05, 0.1) is 23.9 Å². The number of fused-ring (bicyclic) bond motifs is 6. The fourth-order valence-corrected chi connectivity index (χ4v) is 11.8. The summed E-state index contributed by atoms with van der Waals surface area (Å²) in [4.78, 5) is 15.2. The number of aromatic amines is 2. The third-order valence-electron chi connectivity index (χ3n) is 11.8. The second-order valence-corrected chi connectivity index (χ2v) is 19.5. The number of aromatic nitrogens is 4. The number of allylic oxidation sites excluding steroid dienone is 2. The SMILES string of the molecule is CC(CCS(=O)(=O)N[C@H]1C[C@@H](C2=CB(O)Oc3cnc4[nH]ccc4c32)C1)COB1C=C([C@H]2C[C@@H](NS(=O)(=O)CC3CCC3)C2)c2c(cnc3[nH]ccc23)O1. The number of pyridine rings is 2. The molecule has 0 aromatic carbocycles. The van der Waals surface area contributed by atoms with Crippen molar-refractivity contribution in [2.24, 2.45) is 23.7 Å². The Morgan fingerprint density at radius 1 is 0.870 bits per heavy atom. The molecule has 6 heterocycles. The van der Waals surface area contributed by atoms with E-state index in [9.17, 15) is 21.9 Å². The standard InChI is InChI=1S/C36H44B2N6O8S2/c1-21(7-10-53(46,47)43-25-11-23(12-25)29-15-37(45)51-31-17-41-35-27(33(29)31)5-8-39-35)19-50-38-16-30(34-28-6-9-40-36(28)42-18-32(34)52-38)24-13-26(14-24)44-54(48,49)20-22-3-2-4-22/h5-6,8-9,15-18,21-26,43-45H,2-4,7,10-14,19-20H2,1H3,(H,39,41)(H,40,42)/t21?,23-,24-,25+,26+. The van der Waals surface area contributed by atoms with E-state index in [2.05, 4.69) is 29.4 Å². The Bertz CT molecular complexity index is 2350. The minimum Gasteiger partial charge on any atom is -0.531 e. The first-order valence-electron chi connectivity index (χ1n) is 19.0. The summed E-state index contributed by atoms with van der Waals surface area (Å²) in [6.07, 6.45) is 13.1. The maximum absolute atomic E-state index is 13.2. The molecule has 18 heteroatoms. The van der Waals surface area contributed by atoms with Crippen LogP contribution in [0.4, 0.5) is 0 Å². The molecule has 5 N–H and O–H groups in total. The van der Waals surface area contributed by atoms with Gasteiger partial charge in [0.25, 0.3) is 0 Å². The summed E-state index contributed by atoms with van der Waals surface area (Å²) in [6, 6.07) is 3.61. The van der Waals surface area contributed by atoms with Crippen molar-refractivity contribution in [3.8, 4) is 11.5 Å². The maximum atomic E-state index is 13.2. The first kappa shape index (κ1) is 36.0. The fourth-order valence-electron chi connectivity index (χ4n) is 8.53. The molecule has 1 unspecified atom stereocenters. The average molecular weight is 775 g/mol. The topological polar surface area (TPSA) is 198 Å². The van der Waals surface area contributed by atoms with Crippen LogP contribution in [0.2, 0.25) is 0 Å². The number of H-pyrrole nitrogens is 2. The lowest BCUT2D eigenvalue weighted by Gasteiger charge is -2.39. The number of hydrogen-bond donors (Lipinski definition) is 5. The van der Waals surface area contributed by atoms with Gasteiger partial charge in [0, 0.05) is 53.0 Å². The lowest BCUT2D eigenvalue weighted by molar-refractivity contribution is 0.225. The number of hydrogen-bond acceptors (Lipinski definition) is 10. The molecule has 4 aromatic rings. The Morgan fingerprint density at radius 3 is 2.04 bits per heavy atom. The van der Waals surface area contributed by atoms with Crippen LogP contribution in [0.25, 0.3) is 33.2 Å². The molecule has 5 aliphatic rings. The van der Waals surface area contributed by atoms with E-state index in [0.717, 1.165) is 63.6 Å². The zero-order chi connectivity index (χ0) is 37.2. The first-order valence-corrected chi connectivity index (χ1v) is 22.3. The van der Waals surface area contributed by atoms with Crippen molar-refractivity contribution >= 4 is 67.5 Å². The Labute approximate surface area is 315 Å². The summed E-state index contributed by atoms with van der Waals surface area (Å²) in [5, 5.41) is 12.2. The fraction of sp³-hybridized carbons (Fsp3) is 0.500. The van der Waals surface area contributed by atoms with E-state index in [-0.39, 0.29) is 47.3 Å². The Hall–Kier alpha value is -3.67. The molecule has 0 radical (unpaired) electrons. The van der Waals surface area contributed by atoms with Crippen molar-refractivity contribution in [1.29, 1.82) is 0 Å². The van der Waals surface area contributed by atoms with Gasteiger partial charge in [0.2, 0.25) is 20.0 Å². The second kappa shape index (κ2) is 14.1. The highest BCUT2D eigenvalue weighted by molar-refractivity contribution is 7.89. The zero-order valence-corrected chi connectivity index (χ0v) is 31.7. The van der Waals surface area contributed by atoms with E-state index >= 15 is 0 Å². The van der Waals surface area contributed by atoms with Crippen LogP contribution in [0.15, 0.2) is 48.9 Å².